The molecule has 0 radical (unpaired) electrons. The van der Waals surface area contributed by atoms with E-state index in [0.29, 0.717) is 12.8 Å². The quantitative estimate of drug-likeness (QED) is 0.912. The first kappa shape index (κ1) is 11.7. The predicted octanol–water partition coefficient (Wildman–Crippen LogP) is 2.53. The van der Waals surface area contributed by atoms with E-state index in [2.05, 4.69) is 22.0 Å². The standard InChI is InChI=1S/C11H10BrNO2/c12-10-4-3-8(7-11(14)15)6-9(10)2-1-5-13/h3-4,6H,1-2,7H2,(H,14,15). The summed E-state index contributed by atoms with van der Waals surface area (Å²) < 4.78 is 0.923. The maximum absolute atomic E-state index is 10.5. The Labute approximate surface area is 96.5 Å². The molecule has 0 amide bonds. The molecule has 0 aliphatic carbocycles. The number of carboxylic acids is 1. The van der Waals surface area contributed by atoms with Crippen molar-refractivity contribution >= 4 is 21.9 Å². The molecule has 15 heavy (non-hydrogen) atoms. The number of carbonyl (C=O) groups is 1. The van der Waals surface area contributed by atoms with E-state index in [1.54, 1.807) is 6.07 Å². The Morgan fingerprint density at radius 3 is 2.87 bits per heavy atom. The summed E-state index contributed by atoms with van der Waals surface area (Å²) >= 11 is 3.37. The van der Waals surface area contributed by atoms with Gasteiger partial charge in [0.15, 0.2) is 0 Å². The number of rotatable bonds is 4. The van der Waals surface area contributed by atoms with Gasteiger partial charge in [-0.1, -0.05) is 28.1 Å². The summed E-state index contributed by atoms with van der Waals surface area (Å²) in [6.45, 7) is 0. The van der Waals surface area contributed by atoms with Crippen LogP contribution < -0.4 is 0 Å². The average Bonchev–Trinajstić information content (AvgIpc) is 2.18. The molecule has 0 saturated heterocycles. The zero-order valence-corrected chi connectivity index (χ0v) is 9.62. The van der Waals surface area contributed by atoms with E-state index in [0.717, 1.165) is 15.6 Å². The maximum atomic E-state index is 10.5. The Hall–Kier alpha value is -1.34. The highest BCUT2D eigenvalue weighted by Crippen LogP contribution is 2.20. The Kier molecular flexibility index (Phi) is 4.32. The summed E-state index contributed by atoms with van der Waals surface area (Å²) in [7, 11) is 0. The number of hydrogen-bond acceptors (Lipinski definition) is 2. The van der Waals surface area contributed by atoms with Gasteiger partial charge >= 0.3 is 5.97 Å². The third-order valence-corrected chi connectivity index (χ3v) is 2.75. The molecule has 4 heteroatoms. The molecule has 0 saturated carbocycles. The number of nitriles is 1. The Morgan fingerprint density at radius 2 is 2.27 bits per heavy atom. The van der Waals surface area contributed by atoms with Crippen LogP contribution in [0.1, 0.15) is 17.5 Å². The monoisotopic (exact) mass is 267 g/mol. The van der Waals surface area contributed by atoms with Gasteiger partial charge in [-0.3, -0.25) is 4.79 Å². The van der Waals surface area contributed by atoms with Gasteiger partial charge in [0.05, 0.1) is 12.5 Å². The molecule has 0 aromatic heterocycles. The zero-order chi connectivity index (χ0) is 11.3. The van der Waals surface area contributed by atoms with Crippen LogP contribution in [0.25, 0.3) is 0 Å². The fourth-order valence-electron chi connectivity index (χ4n) is 1.29. The molecule has 3 nitrogen and oxygen atoms in total. The lowest BCUT2D eigenvalue weighted by molar-refractivity contribution is -0.136. The van der Waals surface area contributed by atoms with Gasteiger partial charge in [0.2, 0.25) is 0 Å². The third kappa shape index (κ3) is 3.72. The molecule has 0 aliphatic rings. The molecule has 0 bridgehead atoms. The van der Waals surface area contributed by atoms with Crippen molar-refractivity contribution in [3.05, 3.63) is 33.8 Å². The minimum Gasteiger partial charge on any atom is -0.481 e. The first-order chi connectivity index (χ1) is 7.13. The van der Waals surface area contributed by atoms with E-state index in [1.807, 2.05) is 12.1 Å². The smallest absolute Gasteiger partial charge is 0.307 e. The minimum atomic E-state index is -0.844. The molecular weight excluding hydrogens is 258 g/mol. The molecule has 0 fully saturated rings. The third-order valence-electron chi connectivity index (χ3n) is 1.97. The largest absolute Gasteiger partial charge is 0.481 e. The van der Waals surface area contributed by atoms with Gasteiger partial charge in [0, 0.05) is 10.9 Å². The summed E-state index contributed by atoms with van der Waals surface area (Å²) in [6.07, 6.45) is 1.10. The molecular formula is C11H10BrNO2. The van der Waals surface area contributed by atoms with Crippen LogP contribution in [0.15, 0.2) is 22.7 Å². The van der Waals surface area contributed by atoms with Crippen LogP contribution in [-0.2, 0) is 17.6 Å². The average molecular weight is 268 g/mol. The van der Waals surface area contributed by atoms with Crippen molar-refractivity contribution in [3.8, 4) is 6.07 Å². The fraction of sp³-hybridized carbons (Fsp3) is 0.273. The minimum absolute atomic E-state index is 0.0207. The molecule has 1 rings (SSSR count). The van der Waals surface area contributed by atoms with Crippen molar-refractivity contribution in [3.63, 3.8) is 0 Å². The van der Waals surface area contributed by atoms with Crippen molar-refractivity contribution in [1.82, 2.24) is 0 Å². The highest BCUT2D eigenvalue weighted by atomic mass is 79.9. The maximum Gasteiger partial charge on any atom is 0.307 e. The summed E-state index contributed by atoms with van der Waals surface area (Å²) in [4.78, 5) is 10.5. The number of benzene rings is 1. The van der Waals surface area contributed by atoms with E-state index in [9.17, 15) is 4.79 Å². The van der Waals surface area contributed by atoms with Crippen LogP contribution >= 0.6 is 15.9 Å². The molecule has 0 aliphatic heterocycles. The van der Waals surface area contributed by atoms with Gasteiger partial charge in [-0.25, -0.2) is 0 Å². The van der Waals surface area contributed by atoms with E-state index in [-0.39, 0.29) is 6.42 Å². The fourth-order valence-corrected chi connectivity index (χ4v) is 1.74. The van der Waals surface area contributed by atoms with Crippen molar-refractivity contribution in [2.24, 2.45) is 0 Å². The number of halogens is 1. The molecule has 78 valence electrons. The second kappa shape index (κ2) is 5.52. The van der Waals surface area contributed by atoms with Gasteiger partial charge in [0.1, 0.15) is 0 Å². The van der Waals surface area contributed by atoms with Crippen LogP contribution in [-0.4, -0.2) is 11.1 Å². The zero-order valence-electron chi connectivity index (χ0n) is 8.03. The molecule has 0 atom stereocenters. The van der Waals surface area contributed by atoms with Crippen LogP contribution in [0.5, 0.6) is 0 Å². The predicted molar refractivity (Wildman–Crippen MR) is 59.4 cm³/mol. The summed E-state index contributed by atoms with van der Waals surface area (Å²) in [5.41, 5.74) is 1.74. The normalized spacial score (nSPS) is 9.60. The van der Waals surface area contributed by atoms with E-state index in [4.69, 9.17) is 10.4 Å². The number of nitrogens with zero attached hydrogens (tertiary/aromatic N) is 1. The Bertz CT molecular complexity index is 410. The number of hydrogen-bond donors (Lipinski definition) is 1. The first-order valence-electron chi connectivity index (χ1n) is 4.49. The summed E-state index contributed by atoms with van der Waals surface area (Å²) in [5, 5.41) is 17.1. The van der Waals surface area contributed by atoms with Crippen molar-refractivity contribution in [2.45, 2.75) is 19.3 Å². The molecule has 1 aromatic carbocycles. The Balaban J connectivity index is 2.85. The summed E-state index contributed by atoms with van der Waals surface area (Å²) in [6, 6.07) is 7.49. The first-order valence-corrected chi connectivity index (χ1v) is 5.29. The molecule has 0 heterocycles. The van der Waals surface area contributed by atoms with E-state index >= 15 is 0 Å². The molecule has 0 unspecified atom stereocenters. The van der Waals surface area contributed by atoms with Crippen molar-refractivity contribution in [2.75, 3.05) is 0 Å². The number of carboxylic acid groups (broad SMARTS) is 1. The topological polar surface area (TPSA) is 61.1 Å². The lowest BCUT2D eigenvalue weighted by Gasteiger charge is -2.04. The van der Waals surface area contributed by atoms with Crippen LogP contribution in [0.3, 0.4) is 0 Å². The second-order valence-corrected chi connectivity index (χ2v) is 4.01. The van der Waals surface area contributed by atoms with Gasteiger partial charge in [0.25, 0.3) is 0 Å². The number of aryl methyl sites for hydroxylation is 1. The second-order valence-electron chi connectivity index (χ2n) is 3.15. The molecule has 0 spiro atoms. The van der Waals surface area contributed by atoms with Gasteiger partial charge in [-0.2, -0.15) is 5.26 Å². The van der Waals surface area contributed by atoms with Gasteiger partial charge < -0.3 is 5.11 Å². The highest BCUT2D eigenvalue weighted by molar-refractivity contribution is 9.10. The van der Waals surface area contributed by atoms with Crippen LogP contribution in [0.4, 0.5) is 0 Å². The van der Waals surface area contributed by atoms with Crippen LogP contribution in [0, 0.1) is 11.3 Å². The van der Waals surface area contributed by atoms with Gasteiger partial charge in [-0.05, 0) is 23.6 Å². The van der Waals surface area contributed by atoms with Crippen molar-refractivity contribution in [1.29, 1.82) is 5.26 Å². The SMILES string of the molecule is N#CCCc1cc(CC(=O)O)ccc1Br. The lowest BCUT2D eigenvalue weighted by Crippen LogP contribution is -2.00. The number of aliphatic carboxylic acids is 1. The Morgan fingerprint density at radius 1 is 1.53 bits per heavy atom. The highest BCUT2D eigenvalue weighted by Gasteiger charge is 2.04. The van der Waals surface area contributed by atoms with E-state index < -0.39 is 5.97 Å². The van der Waals surface area contributed by atoms with Gasteiger partial charge in [-0.15, -0.1) is 0 Å². The summed E-state index contributed by atoms with van der Waals surface area (Å²) in [5.74, 6) is -0.844. The van der Waals surface area contributed by atoms with Crippen LogP contribution in [0.2, 0.25) is 0 Å². The molecule has 1 aromatic rings. The van der Waals surface area contributed by atoms with Crippen molar-refractivity contribution < 1.29 is 9.90 Å². The van der Waals surface area contributed by atoms with E-state index in [1.165, 1.54) is 0 Å². The lowest BCUT2D eigenvalue weighted by atomic mass is 10.0. The molecule has 1 N–H and O–H groups in total.